The van der Waals surface area contributed by atoms with Crippen molar-refractivity contribution in [2.24, 2.45) is 11.8 Å². The summed E-state index contributed by atoms with van der Waals surface area (Å²) in [5.74, 6) is 1.71. The lowest BCUT2D eigenvalue weighted by Gasteiger charge is -2.22. The number of hydrogen-bond donors (Lipinski definition) is 1. The predicted molar refractivity (Wildman–Crippen MR) is 115 cm³/mol. The molecule has 4 rings (SSSR count). The van der Waals surface area contributed by atoms with E-state index >= 15 is 0 Å². The molecule has 0 bridgehead atoms. The number of nitrogens with one attached hydrogen (secondary N) is 1. The van der Waals surface area contributed by atoms with Gasteiger partial charge in [-0.15, -0.1) is 12.4 Å². The third kappa shape index (κ3) is 4.07. The third-order valence-corrected chi connectivity index (χ3v) is 6.18. The Bertz CT molecular complexity index is 822. The molecule has 0 radical (unpaired) electrons. The van der Waals surface area contributed by atoms with E-state index in [1.165, 1.54) is 0 Å². The van der Waals surface area contributed by atoms with Crippen molar-refractivity contribution < 1.29 is 4.79 Å². The maximum Gasteiger partial charge on any atom is 0.257 e. The molecule has 2 atom stereocenters. The molecule has 28 heavy (non-hydrogen) atoms. The van der Waals surface area contributed by atoms with Crippen molar-refractivity contribution in [1.82, 2.24) is 20.0 Å². The summed E-state index contributed by atoms with van der Waals surface area (Å²) in [6, 6.07) is 7.61. The smallest absolute Gasteiger partial charge is 0.257 e. The van der Waals surface area contributed by atoms with E-state index in [1.807, 2.05) is 33.8 Å². The van der Waals surface area contributed by atoms with E-state index in [-0.39, 0.29) is 24.2 Å². The molecule has 1 amide bonds. The van der Waals surface area contributed by atoms with Crippen LogP contribution in [0.25, 0.3) is 5.69 Å². The minimum atomic E-state index is 0. The van der Waals surface area contributed by atoms with E-state index in [2.05, 4.69) is 24.3 Å². The maximum atomic E-state index is 13.3. The zero-order chi connectivity index (χ0) is 19.0. The van der Waals surface area contributed by atoms with Crippen molar-refractivity contribution in [2.75, 3.05) is 26.2 Å². The molecule has 5 nitrogen and oxygen atoms in total. The Morgan fingerprint density at radius 1 is 1.21 bits per heavy atom. The number of carbonyl (C=O) groups excluding carboxylic acids is 1. The molecule has 1 N–H and O–H groups in total. The number of benzene rings is 1. The van der Waals surface area contributed by atoms with E-state index in [9.17, 15) is 4.79 Å². The molecule has 3 heterocycles. The van der Waals surface area contributed by atoms with Crippen LogP contribution in [0.3, 0.4) is 0 Å². The van der Waals surface area contributed by atoms with E-state index in [1.54, 1.807) is 6.20 Å². The summed E-state index contributed by atoms with van der Waals surface area (Å²) in [6.07, 6.45) is 3.90. The largest absolute Gasteiger partial charge is 0.339 e. The molecule has 7 heteroatoms. The lowest BCUT2D eigenvalue weighted by molar-refractivity contribution is 0.0757. The Balaban J connectivity index is 0.00000225. The second kappa shape index (κ2) is 8.85. The lowest BCUT2D eigenvalue weighted by Crippen LogP contribution is -2.33. The van der Waals surface area contributed by atoms with Crippen molar-refractivity contribution in [1.29, 1.82) is 0 Å². The van der Waals surface area contributed by atoms with Gasteiger partial charge in [-0.1, -0.05) is 31.5 Å². The summed E-state index contributed by atoms with van der Waals surface area (Å²) in [4.78, 5) is 15.4. The van der Waals surface area contributed by atoms with Gasteiger partial charge in [0.15, 0.2) is 0 Å². The SMILES string of the molecule is CC(C)c1c(C(=O)N2CC[C@@H]3CNC[C@@H]3CC2)cnn1-c1cccc(Cl)c1.Cl. The highest BCUT2D eigenvalue weighted by molar-refractivity contribution is 6.30. The number of nitrogens with zero attached hydrogens (tertiary/aromatic N) is 3. The first-order valence-corrected chi connectivity index (χ1v) is 10.3. The van der Waals surface area contributed by atoms with Gasteiger partial charge in [0.1, 0.15) is 0 Å². The maximum absolute atomic E-state index is 13.3. The van der Waals surface area contributed by atoms with Crippen LogP contribution in [-0.4, -0.2) is 46.8 Å². The van der Waals surface area contributed by atoms with Crippen LogP contribution in [0.4, 0.5) is 0 Å². The molecule has 1 aromatic carbocycles. The van der Waals surface area contributed by atoms with Gasteiger partial charge < -0.3 is 10.2 Å². The molecule has 2 aliphatic rings. The Morgan fingerprint density at radius 2 is 1.89 bits per heavy atom. The minimum absolute atomic E-state index is 0. The molecular formula is C21H28Cl2N4O. The van der Waals surface area contributed by atoms with Gasteiger partial charge >= 0.3 is 0 Å². The molecule has 2 fully saturated rings. The summed E-state index contributed by atoms with van der Waals surface area (Å²) in [5.41, 5.74) is 2.56. The van der Waals surface area contributed by atoms with Crippen molar-refractivity contribution in [3.8, 4) is 5.69 Å². The number of aromatic nitrogens is 2. The summed E-state index contributed by atoms with van der Waals surface area (Å²) in [5, 5.41) is 8.70. The van der Waals surface area contributed by atoms with E-state index in [4.69, 9.17) is 11.6 Å². The number of amides is 1. The second-order valence-corrected chi connectivity index (χ2v) is 8.47. The van der Waals surface area contributed by atoms with Gasteiger partial charge in [-0.05, 0) is 61.9 Å². The average molecular weight is 423 g/mol. The quantitative estimate of drug-likeness (QED) is 0.807. The number of fused-ring (bicyclic) bond motifs is 1. The van der Waals surface area contributed by atoms with Crippen LogP contribution in [-0.2, 0) is 0 Å². The number of hydrogen-bond acceptors (Lipinski definition) is 3. The van der Waals surface area contributed by atoms with E-state index < -0.39 is 0 Å². The third-order valence-electron chi connectivity index (χ3n) is 5.94. The van der Waals surface area contributed by atoms with Gasteiger partial charge in [-0.2, -0.15) is 5.10 Å². The van der Waals surface area contributed by atoms with Crippen LogP contribution in [0, 0.1) is 11.8 Å². The zero-order valence-electron chi connectivity index (χ0n) is 16.4. The van der Waals surface area contributed by atoms with Crippen LogP contribution in [0.1, 0.15) is 48.7 Å². The highest BCUT2D eigenvalue weighted by Crippen LogP contribution is 2.30. The first-order chi connectivity index (χ1) is 13.0. The first kappa shape index (κ1) is 21.2. The molecular weight excluding hydrogens is 395 g/mol. The Labute approximate surface area is 177 Å². The number of rotatable bonds is 3. The van der Waals surface area contributed by atoms with Crippen LogP contribution < -0.4 is 5.32 Å². The van der Waals surface area contributed by atoms with Gasteiger partial charge in [0, 0.05) is 18.1 Å². The Kier molecular flexibility index (Phi) is 6.69. The van der Waals surface area contributed by atoms with Crippen LogP contribution in [0.15, 0.2) is 30.5 Å². The zero-order valence-corrected chi connectivity index (χ0v) is 18.0. The fourth-order valence-electron chi connectivity index (χ4n) is 4.48. The van der Waals surface area contributed by atoms with Gasteiger partial charge in [-0.25, -0.2) is 4.68 Å². The lowest BCUT2D eigenvalue weighted by atomic mass is 9.92. The molecule has 152 valence electrons. The predicted octanol–water partition coefficient (Wildman–Crippen LogP) is 4.14. The number of carbonyl (C=O) groups is 1. The van der Waals surface area contributed by atoms with Crippen molar-refractivity contribution in [3.05, 3.63) is 46.7 Å². The van der Waals surface area contributed by atoms with Crippen molar-refractivity contribution in [3.63, 3.8) is 0 Å². The second-order valence-electron chi connectivity index (χ2n) is 8.04. The standard InChI is InChI=1S/C21H27ClN4O.ClH/c1-14(2)20-19(13-24-26(20)18-5-3-4-17(22)10-18)21(27)25-8-6-15-11-23-12-16(15)7-9-25;/h3-5,10,13-16,23H,6-9,11-12H2,1-2H3;1H/t15-,16+;. The fourth-order valence-corrected chi connectivity index (χ4v) is 4.67. The molecule has 2 aliphatic heterocycles. The molecule has 2 saturated heterocycles. The monoisotopic (exact) mass is 422 g/mol. The van der Waals surface area contributed by atoms with E-state index in [0.29, 0.717) is 16.9 Å². The van der Waals surface area contributed by atoms with Crippen molar-refractivity contribution >= 4 is 29.9 Å². The molecule has 0 saturated carbocycles. The normalized spacial score (nSPS) is 21.9. The molecule has 1 aromatic heterocycles. The van der Waals surface area contributed by atoms with Crippen LogP contribution >= 0.6 is 24.0 Å². The van der Waals surface area contributed by atoms with Crippen molar-refractivity contribution in [2.45, 2.75) is 32.6 Å². The summed E-state index contributed by atoms with van der Waals surface area (Å²) in [7, 11) is 0. The van der Waals surface area contributed by atoms with Crippen LogP contribution in [0.5, 0.6) is 0 Å². The van der Waals surface area contributed by atoms with Gasteiger partial charge in [0.25, 0.3) is 5.91 Å². The van der Waals surface area contributed by atoms with Gasteiger partial charge in [0.2, 0.25) is 0 Å². The van der Waals surface area contributed by atoms with Gasteiger partial charge in [0.05, 0.1) is 23.1 Å². The highest BCUT2D eigenvalue weighted by atomic mass is 35.5. The molecule has 0 spiro atoms. The first-order valence-electron chi connectivity index (χ1n) is 9.88. The van der Waals surface area contributed by atoms with Gasteiger partial charge in [-0.3, -0.25) is 4.79 Å². The Hall–Kier alpha value is -1.56. The summed E-state index contributed by atoms with van der Waals surface area (Å²) >= 11 is 6.16. The number of likely N-dealkylation sites (tertiary alicyclic amines) is 1. The highest BCUT2D eigenvalue weighted by Gasteiger charge is 2.33. The average Bonchev–Trinajstić information content (AvgIpc) is 3.24. The summed E-state index contributed by atoms with van der Waals surface area (Å²) < 4.78 is 1.86. The summed E-state index contributed by atoms with van der Waals surface area (Å²) in [6.45, 7) is 8.07. The van der Waals surface area contributed by atoms with E-state index in [0.717, 1.165) is 56.0 Å². The van der Waals surface area contributed by atoms with Crippen LogP contribution in [0.2, 0.25) is 5.02 Å². The topological polar surface area (TPSA) is 50.2 Å². The molecule has 0 unspecified atom stereocenters. The number of halogens is 2. The Morgan fingerprint density at radius 3 is 2.50 bits per heavy atom. The molecule has 0 aliphatic carbocycles. The minimum Gasteiger partial charge on any atom is -0.339 e. The fraction of sp³-hybridized carbons (Fsp3) is 0.524. The molecule has 2 aromatic rings.